The Balaban J connectivity index is 1.73. The summed E-state index contributed by atoms with van der Waals surface area (Å²) in [7, 11) is 0. The summed E-state index contributed by atoms with van der Waals surface area (Å²) in [6.07, 6.45) is 4.48. The summed E-state index contributed by atoms with van der Waals surface area (Å²) in [5, 5.41) is 18.7. The maximum atomic E-state index is 13.4. The maximum absolute atomic E-state index is 13.4. The molecule has 0 saturated heterocycles. The van der Waals surface area contributed by atoms with E-state index in [0.717, 1.165) is 17.2 Å². The van der Waals surface area contributed by atoms with Crippen LogP contribution in [0.1, 0.15) is 51.5 Å². The van der Waals surface area contributed by atoms with Crippen LogP contribution in [-0.4, -0.2) is 31.1 Å². The molecule has 4 rings (SSSR count). The third kappa shape index (κ3) is 5.54. The van der Waals surface area contributed by atoms with Crippen molar-refractivity contribution in [2.45, 2.75) is 46.6 Å². The van der Waals surface area contributed by atoms with Crippen molar-refractivity contribution in [1.82, 2.24) is 14.5 Å². The molecule has 0 bridgehead atoms. The molecule has 0 aliphatic heterocycles. The molecule has 0 spiro atoms. The minimum atomic E-state index is -0.277. The van der Waals surface area contributed by atoms with Crippen molar-refractivity contribution in [1.29, 1.82) is 0 Å². The van der Waals surface area contributed by atoms with E-state index in [1.807, 2.05) is 24.3 Å². The SMILES string of the molecule is CC(C)(C)CC(C)(C)Nc1cc(C(=O)n2cc3ccccc3c2)nc(Nc2ccccc2O)n1. The van der Waals surface area contributed by atoms with Gasteiger partial charge in [0.25, 0.3) is 5.91 Å². The predicted molar refractivity (Wildman–Crippen MR) is 137 cm³/mol. The van der Waals surface area contributed by atoms with Gasteiger partial charge in [-0.25, -0.2) is 4.98 Å². The van der Waals surface area contributed by atoms with E-state index in [1.165, 1.54) is 0 Å². The molecule has 2 heterocycles. The lowest BCUT2D eigenvalue weighted by Crippen LogP contribution is -2.36. The monoisotopic (exact) mass is 457 g/mol. The van der Waals surface area contributed by atoms with Gasteiger partial charge in [-0.05, 0) is 48.6 Å². The van der Waals surface area contributed by atoms with E-state index >= 15 is 0 Å². The largest absolute Gasteiger partial charge is 0.506 e. The number of hydrogen-bond donors (Lipinski definition) is 3. The van der Waals surface area contributed by atoms with Crippen LogP contribution in [0.15, 0.2) is 67.0 Å². The minimum absolute atomic E-state index is 0.0714. The zero-order valence-corrected chi connectivity index (χ0v) is 20.3. The van der Waals surface area contributed by atoms with Gasteiger partial charge >= 0.3 is 0 Å². The van der Waals surface area contributed by atoms with E-state index in [0.29, 0.717) is 11.5 Å². The normalized spacial score (nSPS) is 12.0. The highest BCUT2D eigenvalue weighted by Crippen LogP contribution is 2.30. The van der Waals surface area contributed by atoms with Crippen LogP contribution in [0, 0.1) is 5.41 Å². The van der Waals surface area contributed by atoms with Crippen molar-refractivity contribution in [3.8, 4) is 5.75 Å². The van der Waals surface area contributed by atoms with Gasteiger partial charge in [0.15, 0.2) is 0 Å². The van der Waals surface area contributed by atoms with E-state index in [9.17, 15) is 9.90 Å². The van der Waals surface area contributed by atoms with E-state index in [-0.39, 0.29) is 34.3 Å². The van der Waals surface area contributed by atoms with Gasteiger partial charge in [0.2, 0.25) is 5.95 Å². The quantitative estimate of drug-likeness (QED) is 0.299. The van der Waals surface area contributed by atoms with Gasteiger partial charge in [-0.15, -0.1) is 0 Å². The highest BCUT2D eigenvalue weighted by atomic mass is 16.3. The molecule has 0 aliphatic carbocycles. The molecule has 0 fully saturated rings. The fraction of sp³-hybridized carbons (Fsp3) is 0.296. The molecular formula is C27H31N5O2. The first-order valence-electron chi connectivity index (χ1n) is 11.3. The number of phenols is 1. The number of fused-ring (bicyclic) bond motifs is 1. The van der Waals surface area contributed by atoms with Gasteiger partial charge in [0.05, 0.1) is 5.69 Å². The highest BCUT2D eigenvalue weighted by Gasteiger charge is 2.26. The average molecular weight is 458 g/mol. The first kappa shape index (κ1) is 23.3. The number of aromatic nitrogens is 3. The fourth-order valence-corrected chi connectivity index (χ4v) is 4.43. The van der Waals surface area contributed by atoms with Crippen molar-refractivity contribution in [3.63, 3.8) is 0 Å². The van der Waals surface area contributed by atoms with Crippen LogP contribution in [0.25, 0.3) is 10.8 Å². The van der Waals surface area contributed by atoms with Crippen molar-refractivity contribution < 1.29 is 9.90 Å². The number of aromatic hydroxyl groups is 1. The molecule has 7 nitrogen and oxygen atoms in total. The first-order chi connectivity index (χ1) is 16.0. The third-order valence-electron chi connectivity index (χ3n) is 5.32. The summed E-state index contributed by atoms with van der Waals surface area (Å²) in [5.74, 6) is 0.554. The predicted octanol–water partition coefficient (Wildman–Crippen LogP) is 6.20. The second kappa shape index (κ2) is 8.82. The summed E-state index contributed by atoms with van der Waals surface area (Å²) in [5.41, 5.74) is 0.520. The molecule has 34 heavy (non-hydrogen) atoms. The maximum Gasteiger partial charge on any atom is 0.280 e. The van der Waals surface area contributed by atoms with Crippen LogP contribution in [0.4, 0.5) is 17.5 Å². The zero-order chi connectivity index (χ0) is 24.5. The zero-order valence-electron chi connectivity index (χ0n) is 20.3. The molecule has 176 valence electrons. The van der Waals surface area contributed by atoms with Crippen LogP contribution in [0.3, 0.4) is 0 Å². The van der Waals surface area contributed by atoms with Crippen molar-refractivity contribution >= 4 is 34.1 Å². The van der Waals surface area contributed by atoms with Crippen LogP contribution in [0.5, 0.6) is 5.75 Å². The minimum Gasteiger partial charge on any atom is -0.506 e. The lowest BCUT2D eigenvalue weighted by atomic mass is 9.82. The summed E-state index contributed by atoms with van der Waals surface area (Å²) >= 11 is 0. The molecule has 0 amide bonds. The number of carbonyl (C=O) groups is 1. The third-order valence-corrected chi connectivity index (χ3v) is 5.32. The smallest absolute Gasteiger partial charge is 0.280 e. The second-order valence-corrected chi connectivity index (χ2v) is 10.5. The van der Waals surface area contributed by atoms with Gasteiger partial charge in [0.1, 0.15) is 17.3 Å². The fourth-order valence-electron chi connectivity index (χ4n) is 4.43. The van der Waals surface area contributed by atoms with E-state index in [2.05, 4.69) is 55.2 Å². The summed E-state index contributed by atoms with van der Waals surface area (Å²) in [4.78, 5) is 22.5. The summed E-state index contributed by atoms with van der Waals surface area (Å²) in [6.45, 7) is 10.8. The Labute approximate surface area is 199 Å². The first-order valence-corrected chi connectivity index (χ1v) is 11.3. The van der Waals surface area contributed by atoms with Crippen LogP contribution in [-0.2, 0) is 0 Å². The lowest BCUT2D eigenvalue weighted by Gasteiger charge is -2.33. The van der Waals surface area contributed by atoms with E-state index in [1.54, 1.807) is 47.3 Å². The van der Waals surface area contributed by atoms with Gasteiger partial charge in [-0.2, -0.15) is 4.98 Å². The molecule has 7 heteroatoms. The molecule has 3 N–H and O–H groups in total. The lowest BCUT2D eigenvalue weighted by molar-refractivity contribution is 0.0955. The molecule has 2 aromatic heterocycles. The molecule has 0 aliphatic rings. The molecule has 0 unspecified atom stereocenters. The van der Waals surface area contributed by atoms with Crippen LogP contribution >= 0.6 is 0 Å². The van der Waals surface area contributed by atoms with Gasteiger partial charge in [-0.1, -0.05) is 57.2 Å². The number of nitrogens with zero attached hydrogens (tertiary/aromatic N) is 3. The molecule has 2 aromatic carbocycles. The van der Waals surface area contributed by atoms with Crippen LogP contribution < -0.4 is 10.6 Å². The van der Waals surface area contributed by atoms with Gasteiger partial charge < -0.3 is 15.7 Å². The average Bonchev–Trinajstić information content (AvgIpc) is 3.17. The Morgan fingerprint density at radius 1 is 0.941 bits per heavy atom. The van der Waals surface area contributed by atoms with Gasteiger partial charge in [-0.3, -0.25) is 9.36 Å². The number of anilines is 3. The Bertz CT molecular complexity index is 1300. The Hall–Kier alpha value is -3.87. The number of para-hydroxylation sites is 2. The number of carbonyl (C=O) groups excluding carboxylic acids is 1. The highest BCUT2D eigenvalue weighted by molar-refractivity contribution is 5.98. The molecule has 0 atom stereocenters. The van der Waals surface area contributed by atoms with E-state index < -0.39 is 0 Å². The number of nitrogens with one attached hydrogen (secondary N) is 2. The summed E-state index contributed by atoms with van der Waals surface area (Å²) < 4.78 is 1.54. The Kier molecular flexibility index (Phi) is 6.04. The van der Waals surface area contributed by atoms with Gasteiger partial charge in [0, 0.05) is 24.0 Å². The van der Waals surface area contributed by atoms with Crippen LogP contribution in [0.2, 0.25) is 0 Å². The summed E-state index contributed by atoms with van der Waals surface area (Å²) in [6, 6.07) is 16.3. The van der Waals surface area contributed by atoms with Crippen molar-refractivity contribution in [3.05, 3.63) is 72.7 Å². The number of phenolic OH excluding ortho intramolecular Hbond substituents is 1. The molecule has 0 radical (unpaired) electrons. The molecule has 0 saturated carbocycles. The number of hydrogen-bond acceptors (Lipinski definition) is 6. The molecular weight excluding hydrogens is 426 g/mol. The topological polar surface area (TPSA) is 92.1 Å². The van der Waals surface area contributed by atoms with Crippen molar-refractivity contribution in [2.75, 3.05) is 10.6 Å². The second-order valence-electron chi connectivity index (χ2n) is 10.5. The Morgan fingerprint density at radius 3 is 2.18 bits per heavy atom. The number of benzene rings is 2. The van der Waals surface area contributed by atoms with E-state index in [4.69, 9.17) is 0 Å². The standard InChI is InChI=1S/C27H31N5O2/c1-26(2,3)17-27(4,5)31-23-14-21(24(34)32-15-18-10-6-7-11-19(18)16-32)29-25(30-23)28-20-12-8-9-13-22(20)33/h6-16,33H,17H2,1-5H3,(H2,28,29,30,31). The Morgan fingerprint density at radius 2 is 1.56 bits per heavy atom. The number of rotatable bonds is 6. The van der Waals surface area contributed by atoms with Crippen molar-refractivity contribution in [2.24, 2.45) is 5.41 Å². The molecule has 4 aromatic rings.